The van der Waals surface area contributed by atoms with E-state index < -0.39 is 17.8 Å². The molecular weight excluding hydrogens is 231 g/mol. The van der Waals surface area contributed by atoms with Crippen LogP contribution in [0.25, 0.3) is 0 Å². The Balaban J connectivity index is 0.00000196. The van der Waals surface area contributed by atoms with Crippen LogP contribution in [0.5, 0.6) is 0 Å². The van der Waals surface area contributed by atoms with Crippen LogP contribution in [0, 0.1) is 0 Å². The molecule has 1 rings (SSSR count). The molecule has 1 aromatic carbocycles. The molecule has 0 amide bonds. The van der Waals surface area contributed by atoms with E-state index in [9.17, 15) is 18.3 Å². The molecule has 1 atom stereocenters. The highest BCUT2D eigenvalue weighted by Crippen LogP contribution is 2.29. The van der Waals surface area contributed by atoms with Gasteiger partial charge in [0, 0.05) is 6.54 Å². The van der Waals surface area contributed by atoms with Gasteiger partial charge in [-0.1, -0.05) is 12.1 Å². The summed E-state index contributed by atoms with van der Waals surface area (Å²) in [5.74, 6) is 0. The Bertz CT molecular complexity index is 299. The van der Waals surface area contributed by atoms with Gasteiger partial charge < -0.3 is 10.8 Å². The van der Waals surface area contributed by atoms with E-state index in [0.717, 1.165) is 12.1 Å². The second-order valence-electron chi connectivity index (χ2n) is 2.87. The molecule has 15 heavy (non-hydrogen) atoms. The number of benzene rings is 1. The average Bonchev–Trinajstić information content (AvgIpc) is 2.15. The minimum Gasteiger partial charge on any atom is -0.387 e. The molecule has 0 heterocycles. The molecule has 1 unspecified atom stereocenters. The molecule has 0 saturated carbocycles. The van der Waals surface area contributed by atoms with Gasteiger partial charge >= 0.3 is 6.18 Å². The minimum absolute atomic E-state index is 0. The zero-order valence-corrected chi connectivity index (χ0v) is 8.48. The number of aliphatic hydroxyl groups excluding tert-OH is 1. The first-order chi connectivity index (χ1) is 6.45. The van der Waals surface area contributed by atoms with Crippen molar-refractivity contribution in [2.24, 2.45) is 5.73 Å². The van der Waals surface area contributed by atoms with E-state index in [1.54, 1.807) is 0 Å². The van der Waals surface area contributed by atoms with Crippen LogP contribution < -0.4 is 5.73 Å². The first kappa shape index (κ1) is 14.2. The van der Waals surface area contributed by atoms with Crippen LogP contribution in [0.2, 0.25) is 0 Å². The smallest absolute Gasteiger partial charge is 0.387 e. The summed E-state index contributed by atoms with van der Waals surface area (Å²) in [5.41, 5.74) is 4.81. The topological polar surface area (TPSA) is 46.2 Å². The van der Waals surface area contributed by atoms with Gasteiger partial charge in [0.15, 0.2) is 0 Å². The molecular formula is C9H11ClF3NO. The van der Waals surface area contributed by atoms with E-state index >= 15 is 0 Å². The zero-order chi connectivity index (χ0) is 10.8. The fourth-order valence-corrected chi connectivity index (χ4v) is 1.03. The van der Waals surface area contributed by atoms with Crippen molar-refractivity contribution in [1.82, 2.24) is 0 Å². The summed E-state index contributed by atoms with van der Waals surface area (Å²) >= 11 is 0. The molecule has 3 N–H and O–H groups in total. The van der Waals surface area contributed by atoms with Crippen LogP contribution in [0.3, 0.4) is 0 Å². The number of hydrogen-bond acceptors (Lipinski definition) is 2. The van der Waals surface area contributed by atoms with Crippen LogP contribution in [-0.4, -0.2) is 11.7 Å². The molecule has 0 fully saturated rings. The number of nitrogens with two attached hydrogens (primary N) is 1. The van der Waals surface area contributed by atoms with Crippen molar-refractivity contribution in [3.8, 4) is 0 Å². The molecule has 0 aliphatic carbocycles. The standard InChI is InChI=1S/C9H10F3NO.ClH/c10-9(11,12)7-3-1-6(2-4-7)8(14)5-13;/h1-4,8,14H,5,13H2;1H. The van der Waals surface area contributed by atoms with Gasteiger partial charge in [-0.2, -0.15) is 13.2 Å². The molecule has 86 valence electrons. The molecule has 0 spiro atoms. The van der Waals surface area contributed by atoms with Crippen molar-refractivity contribution in [1.29, 1.82) is 0 Å². The molecule has 6 heteroatoms. The Morgan fingerprint density at radius 2 is 1.67 bits per heavy atom. The Kier molecular flexibility index (Phi) is 5.07. The minimum atomic E-state index is -4.34. The molecule has 2 nitrogen and oxygen atoms in total. The lowest BCUT2D eigenvalue weighted by Gasteiger charge is -2.10. The van der Waals surface area contributed by atoms with Crippen LogP contribution in [0.4, 0.5) is 13.2 Å². The van der Waals surface area contributed by atoms with Gasteiger partial charge in [0.05, 0.1) is 11.7 Å². The SMILES string of the molecule is Cl.NCC(O)c1ccc(C(F)(F)F)cc1. The van der Waals surface area contributed by atoms with Gasteiger partial charge in [-0.05, 0) is 17.7 Å². The maximum absolute atomic E-state index is 12.1. The summed E-state index contributed by atoms with van der Waals surface area (Å²) < 4.78 is 36.3. The highest BCUT2D eigenvalue weighted by molar-refractivity contribution is 5.85. The fourth-order valence-electron chi connectivity index (χ4n) is 1.03. The van der Waals surface area contributed by atoms with Crippen molar-refractivity contribution < 1.29 is 18.3 Å². The molecule has 0 aliphatic rings. The quantitative estimate of drug-likeness (QED) is 0.833. The van der Waals surface area contributed by atoms with E-state index in [4.69, 9.17) is 5.73 Å². The van der Waals surface area contributed by atoms with Crippen LogP contribution in [0.15, 0.2) is 24.3 Å². The summed E-state index contributed by atoms with van der Waals surface area (Å²) in [5, 5.41) is 9.22. The van der Waals surface area contributed by atoms with Gasteiger partial charge in [-0.3, -0.25) is 0 Å². The lowest BCUT2D eigenvalue weighted by molar-refractivity contribution is -0.137. The van der Waals surface area contributed by atoms with Crippen molar-refractivity contribution in [3.63, 3.8) is 0 Å². The van der Waals surface area contributed by atoms with E-state index in [0.29, 0.717) is 5.56 Å². The summed E-state index contributed by atoms with van der Waals surface area (Å²) in [7, 11) is 0. The Morgan fingerprint density at radius 3 is 2.00 bits per heavy atom. The van der Waals surface area contributed by atoms with Crippen LogP contribution in [0.1, 0.15) is 17.2 Å². The number of hydrogen-bond donors (Lipinski definition) is 2. The number of halogens is 4. The molecule has 0 radical (unpaired) electrons. The normalized spacial score (nSPS) is 13.1. The van der Waals surface area contributed by atoms with Crippen molar-refractivity contribution >= 4 is 12.4 Å². The Labute approximate surface area is 91.3 Å². The predicted octanol–water partition coefficient (Wildman–Crippen LogP) is 2.12. The van der Waals surface area contributed by atoms with Crippen molar-refractivity contribution in [3.05, 3.63) is 35.4 Å². The van der Waals surface area contributed by atoms with Gasteiger partial charge in [0.2, 0.25) is 0 Å². The summed E-state index contributed by atoms with van der Waals surface area (Å²) in [4.78, 5) is 0. The lowest BCUT2D eigenvalue weighted by Crippen LogP contribution is -2.12. The first-order valence-corrected chi connectivity index (χ1v) is 4.00. The van der Waals surface area contributed by atoms with Crippen LogP contribution in [-0.2, 0) is 6.18 Å². The van der Waals surface area contributed by atoms with Gasteiger partial charge in [-0.15, -0.1) is 12.4 Å². The summed E-state index contributed by atoms with van der Waals surface area (Å²) in [6.45, 7) is -0.00857. The zero-order valence-electron chi connectivity index (χ0n) is 7.66. The third-order valence-corrected chi connectivity index (χ3v) is 1.85. The second kappa shape index (κ2) is 5.34. The monoisotopic (exact) mass is 241 g/mol. The maximum atomic E-state index is 12.1. The molecule has 1 aromatic rings. The summed E-state index contributed by atoms with van der Waals surface area (Å²) in [6.07, 6.45) is -5.25. The van der Waals surface area contributed by atoms with Crippen LogP contribution >= 0.6 is 12.4 Å². The number of aliphatic hydroxyl groups is 1. The van der Waals surface area contributed by atoms with Gasteiger partial charge in [-0.25, -0.2) is 0 Å². The van der Waals surface area contributed by atoms with E-state index in [1.807, 2.05) is 0 Å². The highest BCUT2D eigenvalue weighted by Gasteiger charge is 2.30. The molecule has 0 aromatic heterocycles. The number of alkyl halides is 3. The molecule has 0 aliphatic heterocycles. The van der Waals surface area contributed by atoms with E-state index in [-0.39, 0.29) is 19.0 Å². The Hall–Kier alpha value is -0.780. The maximum Gasteiger partial charge on any atom is 0.416 e. The third kappa shape index (κ3) is 3.70. The first-order valence-electron chi connectivity index (χ1n) is 4.00. The highest BCUT2D eigenvalue weighted by atomic mass is 35.5. The van der Waals surface area contributed by atoms with Crippen molar-refractivity contribution in [2.75, 3.05) is 6.54 Å². The van der Waals surface area contributed by atoms with E-state index in [2.05, 4.69) is 0 Å². The third-order valence-electron chi connectivity index (χ3n) is 1.85. The van der Waals surface area contributed by atoms with Gasteiger partial charge in [0.25, 0.3) is 0 Å². The van der Waals surface area contributed by atoms with E-state index in [1.165, 1.54) is 12.1 Å². The number of rotatable bonds is 2. The predicted molar refractivity (Wildman–Crippen MR) is 52.7 cm³/mol. The molecule has 0 saturated heterocycles. The molecule has 0 bridgehead atoms. The van der Waals surface area contributed by atoms with Crippen molar-refractivity contribution in [2.45, 2.75) is 12.3 Å². The second-order valence-corrected chi connectivity index (χ2v) is 2.87. The largest absolute Gasteiger partial charge is 0.416 e. The average molecular weight is 242 g/mol. The fraction of sp³-hybridized carbons (Fsp3) is 0.333. The lowest BCUT2D eigenvalue weighted by atomic mass is 10.1. The Morgan fingerprint density at radius 1 is 1.20 bits per heavy atom. The summed E-state index contributed by atoms with van der Waals surface area (Å²) in [6, 6.07) is 4.29. The van der Waals surface area contributed by atoms with Gasteiger partial charge in [0.1, 0.15) is 0 Å².